The molecule has 3 aromatic heterocycles. The average Bonchev–Trinajstić information content (AvgIpc) is 3.21. The van der Waals surface area contributed by atoms with E-state index in [1.807, 2.05) is 19.1 Å². The maximum Gasteiger partial charge on any atom is 0.411 e. The van der Waals surface area contributed by atoms with Crippen LogP contribution in [0.1, 0.15) is 18.9 Å². The van der Waals surface area contributed by atoms with Crippen LogP contribution >= 0.6 is 0 Å². The fourth-order valence-electron chi connectivity index (χ4n) is 3.67. The number of hydrogen-bond donors (Lipinski definition) is 2. The van der Waals surface area contributed by atoms with Crippen molar-refractivity contribution in [3.05, 3.63) is 30.1 Å². The van der Waals surface area contributed by atoms with E-state index in [2.05, 4.69) is 32.5 Å². The third kappa shape index (κ3) is 5.88. The number of ether oxygens (including phenoxy) is 1. The predicted octanol–water partition coefficient (Wildman–Crippen LogP) is 3.04. The molecule has 33 heavy (non-hydrogen) atoms. The fraction of sp³-hybridized carbons (Fsp3) is 0.524. The molecule has 0 aromatic carbocycles. The van der Waals surface area contributed by atoms with E-state index in [1.54, 1.807) is 17.1 Å². The van der Waals surface area contributed by atoms with Crippen LogP contribution in [0.3, 0.4) is 0 Å². The number of hydrogen-bond acceptors (Lipinski definition) is 8. The van der Waals surface area contributed by atoms with Gasteiger partial charge in [0.2, 0.25) is 5.95 Å². The summed E-state index contributed by atoms with van der Waals surface area (Å²) in [5, 5.41) is 11.0. The molecule has 1 fully saturated rings. The van der Waals surface area contributed by atoms with Crippen molar-refractivity contribution in [2.75, 3.05) is 43.1 Å². The number of pyridine rings is 1. The van der Waals surface area contributed by atoms with Crippen LogP contribution in [0.5, 0.6) is 0 Å². The van der Waals surface area contributed by atoms with Gasteiger partial charge >= 0.3 is 6.18 Å². The Bertz CT molecular complexity index is 1070. The van der Waals surface area contributed by atoms with Crippen molar-refractivity contribution < 1.29 is 17.9 Å². The van der Waals surface area contributed by atoms with E-state index in [0.29, 0.717) is 34.7 Å². The number of rotatable bonds is 8. The summed E-state index contributed by atoms with van der Waals surface area (Å²) in [6.07, 6.45) is -0.0375. The molecule has 0 saturated carbocycles. The Balaban J connectivity index is 1.64. The first-order valence-corrected chi connectivity index (χ1v) is 10.9. The van der Waals surface area contributed by atoms with E-state index in [1.165, 1.54) is 0 Å². The summed E-state index contributed by atoms with van der Waals surface area (Å²) < 4.78 is 43.5. The maximum absolute atomic E-state index is 12.4. The molecule has 1 atom stereocenters. The lowest BCUT2D eigenvalue weighted by Gasteiger charge is -2.33. The van der Waals surface area contributed by atoms with E-state index in [4.69, 9.17) is 14.7 Å². The summed E-state index contributed by atoms with van der Waals surface area (Å²) in [6, 6.07) is 4.12. The van der Waals surface area contributed by atoms with Crippen molar-refractivity contribution in [1.82, 2.24) is 30.0 Å². The summed E-state index contributed by atoms with van der Waals surface area (Å²) in [7, 11) is 0. The predicted molar refractivity (Wildman–Crippen MR) is 119 cm³/mol. The number of piperazine rings is 1. The van der Waals surface area contributed by atoms with Crippen LogP contribution < -0.4 is 15.5 Å². The number of anilines is 3. The van der Waals surface area contributed by atoms with Gasteiger partial charge in [-0.15, -0.1) is 0 Å². The van der Waals surface area contributed by atoms with Gasteiger partial charge in [-0.2, -0.15) is 23.3 Å². The first-order chi connectivity index (χ1) is 15.8. The zero-order valence-electron chi connectivity index (χ0n) is 18.6. The highest BCUT2D eigenvalue weighted by atomic mass is 19.4. The average molecular weight is 464 g/mol. The largest absolute Gasteiger partial charge is 0.411 e. The van der Waals surface area contributed by atoms with Crippen LogP contribution in [-0.4, -0.2) is 69.8 Å². The van der Waals surface area contributed by atoms with Gasteiger partial charge < -0.3 is 20.3 Å². The Kier molecular flexibility index (Phi) is 6.94. The third-order valence-electron chi connectivity index (χ3n) is 5.38. The second-order valence-corrected chi connectivity index (χ2v) is 7.99. The first-order valence-electron chi connectivity index (χ1n) is 10.9. The van der Waals surface area contributed by atoms with E-state index in [-0.39, 0.29) is 13.2 Å². The van der Waals surface area contributed by atoms with Crippen molar-refractivity contribution in [3.63, 3.8) is 0 Å². The van der Waals surface area contributed by atoms with Crippen LogP contribution in [0.15, 0.2) is 24.5 Å². The molecule has 4 rings (SSSR count). The molecule has 1 aliphatic heterocycles. The SMILES string of the molecule is CC[C@@H]1CN(c2nc(Nc3ccc(C)cn3)c3c(cnn3CCOCC(F)(F)F)n2)CCN1. The van der Waals surface area contributed by atoms with Gasteiger partial charge in [0, 0.05) is 31.9 Å². The zero-order valence-corrected chi connectivity index (χ0v) is 18.6. The molecule has 178 valence electrons. The summed E-state index contributed by atoms with van der Waals surface area (Å²) in [5.41, 5.74) is 2.20. The van der Waals surface area contributed by atoms with Gasteiger partial charge in [-0.05, 0) is 25.0 Å². The smallest absolute Gasteiger partial charge is 0.370 e. The maximum atomic E-state index is 12.4. The topological polar surface area (TPSA) is 93.0 Å². The van der Waals surface area contributed by atoms with E-state index >= 15 is 0 Å². The molecule has 0 spiro atoms. The quantitative estimate of drug-likeness (QED) is 0.492. The number of aryl methyl sites for hydroxylation is 1. The van der Waals surface area contributed by atoms with Crippen LogP contribution in [0, 0.1) is 6.92 Å². The summed E-state index contributed by atoms with van der Waals surface area (Å²) >= 11 is 0. The number of nitrogens with one attached hydrogen (secondary N) is 2. The Morgan fingerprint density at radius 1 is 1.24 bits per heavy atom. The molecule has 0 bridgehead atoms. The Morgan fingerprint density at radius 3 is 2.82 bits per heavy atom. The molecule has 9 nitrogen and oxygen atoms in total. The van der Waals surface area contributed by atoms with Gasteiger partial charge in [0.15, 0.2) is 5.82 Å². The van der Waals surface area contributed by atoms with Crippen LogP contribution in [0.2, 0.25) is 0 Å². The third-order valence-corrected chi connectivity index (χ3v) is 5.38. The minimum Gasteiger partial charge on any atom is -0.370 e. The molecular formula is C21H27F3N8O. The van der Waals surface area contributed by atoms with Crippen molar-refractivity contribution in [2.45, 2.75) is 39.0 Å². The normalized spacial score (nSPS) is 17.0. The standard InChI is InChI=1S/C21H27F3N8O/c1-3-15-12-31(7-6-25-15)20-28-16-11-27-32(8-9-33-13-21(22,23)24)18(16)19(30-20)29-17-5-4-14(2)10-26-17/h4-5,10-11,15,25H,3,6-9,12-13H2,1-2H3,(H,26,28,29,30)/t15-/m1/s1. The first kappa shape index (κ1) is 23.2. The summed E-state index contributed by atoms with van der Waals surface area (Å²) in [6.45, 7) is 5.15. The molecule has 12 heteroatoms. The van der Waals surface area contributed by atoms with Crippen LogP contribution in [0.25, 0.3) is 11.0 Å². The molecule has 4 heterocycles. The second kappa shape index (κ2) is 9.87. The van der Waals surface area contributed by atoms with Gasteiger partial charge in [0.25, 0.3) is 0 Å². The van der Waals surface area contributed by atoms with Crippen molar-refractivity contribution >= 4 is 28.6 Å². The van der Waals surface area contributed by atoms with Crippen LogP contribution in [-0.2, 0) is 11.3 Å². The number of fused-ring (bicyclic) bond motifs is 1. The number of alkyl halides is 3. The lowest BCUT2D eigenvalue weighted by molar-refractivity contribution is -0.174. The van der Waals surface area contributed by atoms with Gasteiger partial charge in [-0.25, -0.2) is 9.97 Å². The molecule has 0 aliphatic carbocycles. The van der Waals surface area contributed by atoms with E-state index in [0.717, 1.165) is 31.6 Å². The lowest BCUT2D eigenvalue weighted by Crippen LogP contribution is -2.51. The van der Waals surface area contributed by atoms with Crippen molar-refractivity contribution in [1.29, 1.82) is 0 Å². The fourth-order valence-corrected chi connectivity index (χ4v) is 3.67. The molecule has 2 N–H and O–H groups in total. The number of aromatic nitrogens is 5. The second-order valence-electron chi connectivity index (χ2n) is 7.99. The summed E-state index contributed by atoms with van der Waals surface area (Å²) in [5.74, 6) is 1.66. The lowest BCUT2D eigenvalue weighted by atomic mass is 10.2. The molecule has 3 aromatic rings. The monoisotopic (exact) mass is 464 g/mol. The van der Waals surface area contributed by atoms with Crippen molar-refractivity contribution in [3.8, 4) is 0 Å². The minimum absolute atomic E-state index is 0.129. The molecule has 1 aliphatic rings. The highest BCUT2D eigenvalue weighted by molar-refractivity contribution is 5.88. The highest BCUT2D eigenvalue weighted by Gasteiger charge is 2.27. The Morgan fingerprint density at radius 2 is 2.09 bits per heavy atom. The summed E-state index contributed by atoms with van der Waals surface area (Å²) in [4.78, 5) is 16.0. The van der Waals surface area contributed by atoms with E-state index < -0.39 is 12.8 Å². The molecule has 0 amide bonds. The molecule has 1 saturated heterocycles. The molecule has 0 radical (unpaired) electrons. The van der Waals surface area contributed by atoms with E-state index in [9.17, 15) is 13.2 Å². The van der Waals surface area contributed by atoms with Gasteiger partial charge in [0.1, 0.15) is 23.5 Å². The van der Waals surface area contributed by atoms with Gasteiger partial charge in [-0.1, -0.05) is 13.0 Å². The Hall–Kier alpha value is -2.99. The number of nitrogens with zero attached hydrogens (tertiary/aromatic N) is 6. The Labute approximate surface area is 189 Å². The highest BCUT2D eigenvalue weighted by Crippen LogP contribution is 2.27. The van der Waals surface area contributed by atoms with Crippen LogP contribution in [0.4, 0.5) is 30.8 Å². The molecule has 0 unspecified atom stereocenters. The minimum atomic E-state index is -4.37. The molecular weight excluding hydrogens is 437 g/mol. The van der Waals surface area contributed by atoms with Gasteiger partial charge in [-0.3, -0.25) is 4.68 Å². The number of halogens is 3. The van der Waals surface area contributed by atoms with Crippen molar-refractivity contribution in [2.24, 2.45) is 0 Å². The van der Waals surface area contributed by atoms with Gasteiger partial charge in [0.05, 0.1) is 19.3 Å². The zero-order chi connectivity index (χ0) is 23.4.